The molecule has 3 heterocycles. The molecule has 4 rings (SSSR count). The summed E-state index contributed by atoms with van der Waals surface area (Å²) in [4.78, 5) is 18.7. The highest BCUT2D eigenvalue weighted by atomic mass is 16.5. The van der Waals surface area contributed by atoms with Crippen LogP contribution in [-0.4, -0.2) is 47.2 Å². The molecule has 0 radical (unpaired) electrons. The second-order valence-electron chi connectivity index (χ2n) is 6.21. The Hall–Kier alpha value is -1.62. The smallest absolute Gasteiger partial charge is 0.255 e. The zero-order valence-corrected chi connectivity index (χ0v) is 12.0. The summed E-state index contributed by atoms with van der Waals surface area (Å²) in [5.74, 6) is 0.690. The van der Waals surface area contributed by atoms with Crippen molar-refractivity contribution in [3.63, 3.8) is 0 Å². The van der Waals surface area contributed by atoms with Gasteiger partial charge in [-0.15, -0.1) is 0 Å². The minimum atomic E-state index is 0.0608. The van der Waals surface area contributed by atoms with Crippen molar-refractivity contribution >= 4 is 5.91 Å². The molecule has 5 heteroatoms. The predicted molar refractivity (Wildman–Crippen MR) is 76.3 cm³/mol. The fourth-order valence-corrected chi connectivity index (χ4v) is 3.57. The minimum absolute atomic E-state index is 0.0608. The monoisotopic (exact) mass is 288 g/mol. The van der Waals surface area contributed by atoms with Gasteiger partial charge in [-0.2, -0.15) is 0 Å². The van der Waals surface area contributed by atoms with Gasteiger partial charge >= 0.3 is 0 Å². The second kappa shape index (κ2) is 5.30. The van der Waals surface area contributed by atoms with Crippen LogP contribution < -0.4 is 4.74 Å². The molecule has 1 aliphatic carbocycles. The van der Waals surface area contributed by atoms with E-state index in [4.69, 9.17) is 9.47 Å². The van der Waals surface area contributed by atoms with Crippen molar-refractivity contribution in [2.75, 3.05) is 13.2 Å². The van der Waals surface area contributed by atoms with Gasteiger partial charge in [-0.1, -0.05) is 0 Å². The molecule has 1 aromatic rings. The van der Waals surface area contributed by atoms with Gasteiger partial charge in [-0.25, -0.2) is 4.98 Å². The summed E-state index contributed by atoms with van der Waals surface area (Å²) in [5, 5.41) is 0. The largest absolute Gasteiger partial charge is 0.474 e. The Morgan fingerprint density at radius 2 is 2.19 bits per heavy atom. The van der Waals surface area contributed by atoms with E-state index in [0.717, 1.165) is 19.3 Å². The summed E-state index contributed by atoms with van der Waals surface area (Å²) < 4.78 is 11.4. The Balaban J connectivity index is 1.42. The van der Waals surface area contributed by atoms with Gasteiger partial charge in [0.05, 0.1) is 24.3 Å². The summed E-state index contributed by atoms with van der Waals surface area (Å²) in [6.07, 6.45) is 7.84. The molecule has 2 unspecified atom stereocenters. The van der Waals surface area contributed by atoms with Gasteiger partial charge in [0.15, 0.2) is 0 Å². The van der Waals surface area contributed by atoms with Crippen molar-refractivity contribution in [3.8, 4) is 5.88 Å². The Morgan fingerprint density at radius 3 is 2.81 bits per heavy atom. The number of pyridine rings is 1. The third-order valence-corrected chi connectivity index (χ3v) is 4.73. The van der Waals surface area contributed by atoms with E-state index < -0.39 is 0 Å². The summed E-state index contributed by atoms with van der Waals surface area (Å²) in [7, 11) is 0. The van der Waals surface area contributed by atoms with E-state index in [1.165, 1.54) is 12.8 Å². The number of aromatic nitrogens is 1. The summed E-state index contributed by atoms with van der Waals surface area (Å²) in [5.41, 5.74) is 0.640. The predicted octanol–water partition coefficient (Wildman–Crippen LogP) is 2.02. The van der Waals surface area contributed by atoms with Gasteiger partial charge in [0, 0.05) is 18.8 Å². The first-order valence-corrected chi connectivity index (χ1v) is 7.85. The summed E-state index contributed by atoms with van der Waals surface area (Å²) >= 11 is 0. The molecule has 2 atom stereocenters. The van der Waals surface area contributed by atoms with E-state index in [9.17, 15) is 4.79 Å². The zero-order chi connectivity index (χ0) is 14.2. The van der Waals surface area contributed by atoms with Crippen molar-refractivity contribution in [3.05, 3.63) is 23.9 Å². The maximum Gasteiger partial charge on any atom is 0.255 e. The molecular formula is C16H20N2O3. The number of carbonyl (C=O) groups is 1. The summed E-state index contributed by atoms with van der Waals surface area (Å²) in [6, 6.07) is 3.89. The van der Waals surface area contributed by atoms with Crippen LogP contribution in [0.4, 0.5) is 0 Å². The zero-order valence-electron chi connectivity index (χ0n) is 12.0. The molecular weight excluding hydrogens is 268 g/mol. The van der Waals surface area contributed by atoms with Crippen molar-refractivity contribution < 1.29 is 14.3 Å². The third-order valence-electron chi connectivity index (χ3n) is 4.73. The molecule has 112 valence electrons. The summed E-state index contributed by atoms with van der Waals surface area (Å²) in [6.45, 7) is 1.39. The Kier molecular flexibility index (Phi) is 3.30. The lowest BCUT2D eigenvalue weighted by Crippen LogP contribution is -2.41. The Labute approximate surface area is 124 Å². The number of likely N-dealkylation sites (tertiary alicyclic amines) is 1. The lowest BCUT2D eigenvalue weighted by Gasteiger charge is -2.26. The molecule has 1 saturated carbocycles. The maximum absolute atomic E-state index is 12.5. The number of carbonyl (C=O) groups excluding carboxylic acids is 1. The first-order chi connectivity index (χ1) is 10.3. The molecule has 0 aromatic carbocycles. The SMILES string of the molecule is O=C(c1ccc(OC2CCCC2)nc1)N1CC2CC1CO2. The van der Waals surface area contributed by atoms with Crippen LogP contribution in [0.25, 0.3) is 0 Å². The molecule has 0 N–H and O–H groups in total. The number of nitrogens with zero attached hydrogens (tertiary/aromatic N) is 2. The first-order valence-electron chi connectivity index (χ1n) is 7.85. The van der Waals surface area contributed by atoms with Crippen LogP contribution in [0.2, 0.25) is 0 Å². The molecule has 2 bridgehead atoms. The lowest BCUT2D eigenvalue weighted by molar-refractivity contribution is 0.0259. The van der Waals surface area contributed by atoms with Gasteiger partial charge in [0.2, 0.25) is 5.88 Å². The number of rotatable bonds is 3. The van der Waals surface area contributed by atoms with Crippen LogP contribution >= 0.6 is 0 Å². The number of ether oxygens (including phenoxy) is 2. The highest BCUT2D eigenvalue weighted by molar-refractivity contribution is 5.94. The molecule has 21 heavy (non-hydrogen) atoms. The number of fused-ring (bicyclic) bond motifs is 2. The van der Waals surface area contributed by atoms with E-state index >= 15 is 0 Å². The van der Waals surface area contributed by atoms with E-state index in [1.807, 2.05) is 17.0 Å². The van der Waals surface area contributed by atoms with Crippen LogP contribution in [0.3, 0.4) is 0 Å². The number of hydrogen-bond donors (Lipinski definition) is 0. The molecule has 2 saturated heterocycles. The quantitative estimate of drug-likeness (QED) is 0.854. The fourth-order valence-electron chi connectivity index (χ4n) is 3.57. The van der Waals surface area contributed by atoms with Crippen molar-refractivity contribution in [1.29, 1.82) is 0 Å². The van der Waals surface area contributed by atoms with Crippen LogP contribution in [0, 0.1) is 0 Å². The van der Waals surface area contributed by atoms with E-state index in [-0.39, 0.29) is 18.1 Å². The lowest BCUT2D eigenvalue weighted by atomic mass is 10.2. The number of hydrogen-bond acceptors (Lipinski definition) is 4. The average Bonchev–Trinajstić information content (AvgIpc) is 3.25. The molecule has 1 aromatic heterocycles. The molecule has 0 spiro atoms. The van der Waals surface area contributed by atoms with Crippen LogP contribution in [0.15, 0.2) is 18.3 Å². The molecule has 2 aliphatic heterocycles. The molecule has 3 fully saturated rings. The Morgan fingerprint density at radius 1 is 1.33 bits per heavy atom. The first kappa shape index (κ1) is 13.1. The Bertz CT molecular complexity index is 525. The second-order valence-corrected chi connectivity index (χ2v) is 6.21. The highest BCUT2D eigenvalue weighted by Gasteiger charge is 2.41. The van der Waals surface area contributed by atoms with E-state index in [1.54, 1.807) is 6.20 Å². The molecule has 1 amide bonds. The van der Waals surface area contributed by atoms with Gasteiger partial charge in [-0.3, -0.25) is 4.79 Å². The van der Waals surface area contributed by atoms with Crippen LogP contribution in [0.5, 0.6) is 5.88 Å². The van der Waals surface area contributed by atoms with Crippen LogP contribution in [0.1, 0.15) is 42.5 Å². The number of morpholine rings is 1. The van der Waals surface area contributed by atoms with Gasteiger partial charge < -0.3 is 14.4 Å². The van der Waals surface area contributed by atoms with Crippen LogP contribution in [-0.2, 0) is 4.74 Å². The normalized spacial score (nSPS) is 28.3. The number of amides is 1. The third kappa shape index (κ3) is 2.50. The highest BCUT2D eigenvalue weighted by Crippen LogP contribution is 2.29. The topological polar surface area (TPSA) is 51.7 Å². The van der Waals surface area contributed by atoms with Crippen molar-refractivity contribution in [2.45, 2.75) is 50.4 Å². The fraction of sp³-hybridized carbons (Fsp3) is 0.625. The standard InChI is InChI=1S/C16H20N2O3/c19-16(18-9-14-7-12(18)10-20-14)11-5-6-15(17-8-11)21-13-3-1-2-4-13/h5-6,8,12-14H,1-4,7,9-10H2. The van der Waals surface area contributed by atoms with Crippen molar-refractivity contribution in [1.82, 2.24) is 9.88 Å². The average molecular weight is 288 g/mol. The molecule has 5 nitrogen and oxygen atoms in total. The minimum Gasteiger partial charge on any atom is -0.474 e. The van der Waals surface area contributed by atoms with Crippen molar-refractivity contribution in [2.24, 2.45) is 0 Å². The van der Waals surface area contributed by atoms with Gasteiger partial charge in [0.1, 0.15) is 6.10 Å². The van der Waals surface area contributed by atoms with E-state index in [0.29, 0.717) is 30.7 Å². The van der Waals surface area contributed by atoms with Gasteiger partial charge in [0.25, 0.3) is 5.91 Å². The molecule has 3 aliphatic rings. The van der Waals surface area contributed by atoms with Gasteiger partial charge in [-0.05, 0) is 38.2 Å². The maximum atomic E-state index is 12.5. The van der Waals surface area contributed by atoms with E-state index in [2.05, 4.69) is 4.98 Å².